The number of hydroxylamine groups is 2. The third-order valence-corrected chi connectivity index (χ3v) is 5.05. The first-order chi connectivity index (χ1) is 14.6. The predicted molar refractivity (Wildman–Crippen MR) is 111 cm³/mol. The van der Waals surface area contributed by atoms with E-state index in [1.165, 1.54) is 0 Å². The van der Waals surface area contributed by atoms with Crippen LogP contribution in [0.3, 0.4) is 0 Å². The van der Waals surface area contributed by atoms with E-state index in [4.69, 9.17) is 9.57 Å². The number of imide groups is 1. The summed E-state index contributed by atoms with van der Waals surface area (Å²) in [4.78, 5) is 42.0. The molecule has 8 heteroatoms. The molecule has 2 aromatic carbocycles. The number of benzene rings is 2. The molecule has 0 unspecified atom stereocenters. The van der Waals surface area contributed by atoms with Crippen LogP contribution in [0, 0.1) is 0 Å². The summed E-state index contributed by atoms with van der Waals surface area (Å²) in [5, 5.41) is 4.01. The molecule has 0 aromatic heterocycles. The number of ether oxygens (including phenoxy) is 1. The molecular formula is C22H23N3O5. The van der Waals surface area contributed by atoms with Crippen LogP contribution in [0.15, 0.2) is 42.5 Å². The molecule has 2 aliphatic rings. The number of carbonyl (C=O) groups excluding carboxylic acids is 3. The lowest BCUT2D eigenvalue weighted by atomic mass is 10.1. The summed E-state index contributed by atoms with van der Waals surface area (Å²) in [6.07, 6.45) is 0.606. The fourth-order valence-electron chi connectivity index (χ4n) is 3.61. The van der Waals surface area contributed by atoms with E-state index in [1.54, 1.807) is 0 Å². The van der Waals surface area contributed by atoms with Gasteiger partial charge in [0.05, 0.1) is 30.1 Å². The molecule has 2 amide bonds. The van der Waals surface area contributed by atoms with E-state index in [2.05, 4.69) is 23.2 Å². The molecule has 0 radical (unpaired) electrons. The van der Waals surface area contributed by atoms with Gasteiger partial charge >= 0.3 is 5.97 Å². The summed E-state index contributed by atoms with van der Waals surface area (Å²) in [5.74, 6) is -0.889. The Hall–Kier alpha value is -3.55. The fraction of sp³-hybridized carbons (Fsp3) is 0.318. The van der Waals surface area contributed by atoms with Crippen molar-refractivity contribution in [3.8, 4) is 5.75 Å². The number of hydrogen-bond acceptors (Lipinski definition) is 7. The Balaban J connectivity index is 1.36. The Morgan fingerprint density at radius 2 is 1.77 bits per heavy atom. The van der Waals surface area contributed by atoms with Gasteiger partial charge in [-0.2, -0.15) is 0 Å². The molecule has 2 aliphatic heterocycles. The molecule has 0 aliphatic carbocycles. The van der Waals surface area contributed by atoms with Gasteiger partial charge in [-0.15, -0.1) is 5.06 Å². The largest absolute Gasteiger partial charge is 0.491 e. The van der Waals surface area contributed by atoms with E-state index < -0.39 is 17.8 Å². The minimum atomic E-state index is -0.624. The number of anilines is 4. The quantitative estimate of drug-likeness (QED) is 0.551. The van der Waals surface area contributed by atoms with Crippen molar-refractivity contribution in [3.63, 3.8) is 0 Å². The first-order valence-corrected chi connectivity index (χ1v) is 10.0. The van der Waals surface area contributed by atoms with Gasteiger partial charge in [-0.3, -0.25) is 9.59 Å². The Morgan fingerprint density at radius 3 is 2.53 bits per heavy atom. The minimum absolute atomic E-state index is 0.0451. The Kier molecular flexibility index (Phi) is 5.56. The predicted octanol–water partition coefficient (Wildman–Crippen LogP) is 3.67. The maximum atomic E-state index is 11.9. The summed E-state index contributed by atoms with van der Waals surface area (Å²) in [6.45, 7) is 3.21. The van der Waals surface area contributed by atoms with Gasteiger partial charge in [0.2, 0.25) is 0 Å². The van der Waals surface area contributed by atoms with Gasteiger partial charge in [-0.25, -0.2) is 4.79 Å². The van der Waals surface area contributed by atoms with Gasteiger partial charge in [0.1, 0.15) is 11.4 Å². The van der Waals surface area contributed by atoms with Crippen LogP contribution in [-0.4, -0.2) is 36.0 Å². The second kappa shape index (κ2) is 8.44. The maximum absolute atomic E-state index is 11.9. The Bertz CT molecular complexity index is 974. The second-order valence-electron chi connectivity index (χ2n) is 7.03. The van der Waals surface area contributed by atoms with Gasteiger partial charge in [0, 0.05) is 19.4 Å². The van der Waals surface area contributed by atoms with Gasteiger partial charge in [0.15, 0.2) is 0 Å². The SMILES string of the molecule is CCN1c2ccccc2Nc2c(OCCCC(=O)ON3C(=O)CCC3=O)cccc21. The number of carbonyl (C=O) groups is 3. The topological polar surface area (TPSA) is 88.2 Å². The number of rotatable bonds is 7. The normalized spacial score (nSPS) is 14.8. The zero-order valence-corrected chi connectivity index (χ0v) is 16.7. The lowest BCUT2D eigenvalue weighted by Crippen LogP contribution is -2.32. The van der Waals surface area contributed by atoms with Crippen LogP contribution in [-0.2, 0) is 19.2 Å². The fourth-order valence-corrected chi connectivity index (χ4v) is 3.61. The number of amides is 2. The van der Waals surface area contributed by atoms with E-state index in [0.29, 0.717) is 23.8 Å². The van der Waals surface area contributed by atoms with Crippen LogP contribution < -0.4 is 15.0 Å². The monoisotopic (exact) mass is 409 g/mol. The van der Waals surface area contributed by atoms with Crippen molar-refractivity contribution in [3.05, 3.63) is 42.5 Å². The molecule has 1 fully saturated rings. The van der Waals surface area contributed by atoms with Crippen molar-refractivity contribution in [1.82, 2.24) is 5.06 Å². The zero-order valence-electron chi connectivity index (χ0n) is 16.7. The summed E-state index contributed by atoms with van der Waals surface area (Å²) < 4.78 is 5.93. The number of para-hydroxylation sites is 3. The third-order valence-electron chi connectivity index (χ3n) is 5.05. The molecular weight excluding hydrogens is 386 g/mol. The number of hydrogen-bond donors (Lipinski definition) is 1. The summed E-state index contributed by atoms with van der Waals surface area (Å²) in [6, 6.07) is 13.9. The molecule has 8 nitrogen and oxygen atoms in total. The minimum Gasteiger partial charge on any atom is -0.491 e. The highest BCUT2D eigenvalue weighted by atomic mass is 16.7. The highest BCUT2D eigenvalue weighted by molar-refractivity contribution is 6.01. The van der Waals surface area contributed by atoms with E-state index in [1.807, 2.05) is 36.4 Å². The molecule has 30 heavy (non-hydrogen) atoms. The number of nitrogens with one attached hydrogen (secondary N) is 1. The van der Waals surface area contributed by atoms with Gasteiger partial charge in [0.25, 0.3) is 11.8 Å². The zero-order chi connectivity index (χ0) is 21.1. The standard InChI is InChI=1S/C22H23N3O5/c1-2-24-16-8-4-3-7-15(16)23-22-17(24)9-5-10-18(22)29-14-6-11-21(28)30-25-19(26)12-13-20(25)27/h3-5,7-10,23H,2,6,11-14H2,1H3. The Morgan fingerprint density at radius 1 is 1.03 bits per heavy atom. The van der Waals surface area contributed by atoms with Crippen LogP contribution >= 0.6 is 0 Å². The van der Waals surface area contributed by atoms with E-state index in [9.17, 15) is 14.4 Å². The van der Waals surface area contributed by atoms with Crippen LogP contribution in [0.2, 0.25) is 0 Å². The van der Waals surface area contributed by atoms with Crippen LogP contribution in [0.5, 0.6) is 5.75 Å². The van der Waals surface area contributed by atoms with E-state index in [-0.39, 0.29) is 19.3 Å². The molecule has 4 rings (SSSR count). The van der Waals surface area contributed by atoms with Crippen molar-refractivity contribution in [2.75, 3.05) is 23.4 Å². The average molecular weight is 409 g/mol. The Labute approximate surface area is 174 Å². The molecule has 0 atom stereocenters. The molecule has 1 N–H and O–H groups in total. The first kappa shape index (κ1) is 19.8. The van der Waals surface area contributed by atoms with E-state index >= 15 is 0 Å². The highest BCUT2D eigenvalue weighted by Crippen LogP contribution is 2.47. The van der Waals surface area contributed by atoms with Crippen molar-refractivity contribution in [2.24, 2.45) is 0 Å². The molecule has 2 aromatic rings. The summed E-state index contributed by atoms with van der Waals surface area (Å²) >= 11 is 0. The van der Waals surface area contributed by atoms with Crippen LogP contribution in [0.25, 0.3) is 0 Å². The molecule has 0 saturated carbocycles. The summed E-state index contributed by atoms with van der Waals surface area (Å²) in [5.41, 5.74) is 4.03. The van der Waals surface area contributed by atoms with Gasteiger partial charge in [-0.05, 0) is 37.6 Å². The molecule has 1 saturated heterocycles. The molecule has 156 valence electrons. The van der Waals surface area contributed by atoms with Gasteiger partial charge in [-0.1, -0.05) is 18.2 Å². The maximum Gasteiger partial charge on any atom is 0.333 e. The van der Waals surface area contributed by atoms with Crippen molar-refractivity contribution < 1.29 is 24.0 Å². The molecule has 2 heterocycles. The second-order valence-corrected chi connectivity index (χ2v) is 7.03. The lowest BCUT2D eigenvalue weighted by Gasteiger charge is -2.33. The number of nitrogens with zero attached hydrogens (tertiary/aromatic N) is 2. The smallest absolute Gasteiger partial charge is 0.333 e. The molecule has 0 spiro atoms. The van der Waals surface area contributed by atoms with Crippen molar-refractivity contribution >= 4 is 40.5 Å². The first-order valence-electron chi connectivity index (χ1n) is 10.0. The third kappa shape index (κ3) is 3.80. The van der Waals surface area contributed by atoms with Crippen molar-refractivity contribution in [2.45, 2.75) is 32.6 Å². The number of fused-ring (bicyclic) bond motifs is 2. The lowest BCUT2D eigenvalue weighted by molar-refractivity contribution is -0.197. The molecule has 0 bridgehead atoms. The van der Waals surface area contributed by atoms with E-state index in [0.717, 1.165) is 29.3 Å². The summed E-state index contributed by atoms with van der Waals surface area (Å²) in [7, 11) is 0. The van der Waals surface area contributed by atoms with Crippen LogP contribution in [0.1, 0.15) is 32.6 Å². The van der Waals surface area contributed by atoms with Gasteiger partial charge < -0.3 is 19.8 Å². The van der Waals surface area contributed by atoms with Crippen molar-refractivity contribution in [1.29, 1.82) is 0 Å². The van der Waals surface area contributed by atoms with Crippen LogP contribution in [0.4, 0.5) is 22.7 Å². The highest BCUT2D eigenvalue weighted by Gasteiger charge is 2.32. The average Bonchev–Trinajstić information content (AvgIpc) is 3.07.